The van der Waals surface area contributed by atoms with Gasteiger partial charge in [-0.3, -0.25) is 9.52 Å². The third-order valence-corrected chi connectivity index (χ3v) is 4.22. The molecule has 0 unspecified atom stereocenters. The van der Waals surface area contributed by atoms with E-state index in [9.17, 15) is 13.2 Å². The van der Waals surface area contributed by atoms with Crippen molar-refractivity contribution in [1.29, 1.82) is 0 Å². The lowest BCUT2D eigenvalue weighted by molar-refractivity contribution is 0.102. The molecule has 0 bridgehead atoms. The molecule has 0 aliphatic carbocycles. The second-order valence-electron chi connectivity index (χ2n) is 4.80. The molecule has 0 saturated heterocycles. The monoisotopic (exact) mass is 371 g/mol. The number of rotatable bonds is 7. The highest BCUT2D eigenvalue weighted by atomic mass is 32.2. The second-order valence-corrected chi connectivity index (χ2v) is 7.49. The lowest BCUT2D eigenvalue weighted by Gasteiger charge is -2.12. The molecule has 0 atom stereocenters. The van der Waals surface area contributed by atoms with E-state index in [1.165, 1.54) is 30.6 Å². The highest BCUT2D eigenvalue weighted by Gasteiger charge is 2.13. The molecule has 0 saturated carbocycles. The van der Waals surface area contributed by atoms with E-state index in [2.05, 4.69) is 15.0 Å². The average Bonchev–Trinajstić information content (AvgIpc) is 2.96. The van der Waals surface area contributed by atoms with Crippen LogP contribution in [-0.2, 0) is 21.4 Å². The molecule has 1 heterocycles. The summed E-state index contributed by atoms with van der Waals surface area (Å²) in [6.45, 7) is 0.345. The lowest BCUT2D eigenvalue weighted by atomic mass is 10.2. The van der Waals surface area contributed by atoms with Crippen LogP contribution in [0.4, 0.5) is 11.4 Å². The lowest BCUT2D eigenvalue weighted by Crippen LogP contribution is -2.13. The summed E-state index contributed by atoms with van der Waals surface area (Å²) in [5.74, 6) is -0.0870. The van der Waals surface area contributed by atoms with Gasteiger partial charge in [-0.25, -0.2) is 13.4 Å². The first-order chi connectivity index (χ1) is 11.3. The zero-order valence-electron chi connectivity index (χ0n) is 13.3. The van der Waals surface area contributed by atoms with Crippen LogP contribution in [0.5, 0.6) is 5.75 Å². The summed E-state index contributed by atoms with van der Waals surface area (Å²) in [4.78, 5) is 16.3. The Morgan fingerprint density at radius 3 is 2.71 bits per heavy atom. The molecule has 0 spiro atoms. The number of anilines is 2. The van der Waals surface area contributed by atoms with Crippen LogP contribution in [0.25, 0.3) is 0 Å². The van der Waals surface area contributed by atoms with Crippen molar-refractivity contribution in [2.45, 2.75) is 6.61 Å². The number of amides is 1. The van der Waals surface area contributed by atoms with Gasteiger partial charge in [-0.05, 0) is 12.1 Å². The third-order valence-electron chi connectivity index (χ3n) is 2.81. The summed E-state index contributed by atoms with van der Waals surface area (Å²) in [5, 5.41) is 5.03. The van der Waals surface area contributed by atoms with Crippen molar-refractivity contribution >= 4 is 38.6 Å². The number of carbonyl (C=O) groups is 1. The molecule has 0 fully saturated rings. The molecule has 8 nitrogen and oxygen atoms in total. The number of nitrogens with zero attached hydrogens (tertiary/aromatic N) is 1. The fraction of sp³-hybridized carbons (Fsp3) is 0.286. The van der Waals surface area contributed by atoms with Crippen LogP contribution in [0.1, 0.15) is 15.5 Å². The minimum absolute atomic E-state index is 0.282. The number of ether oxygens (including phenoxy) is 2. The van der Waals surface area contributed by atoms with Crippen molar-refractivity contribution in [3.05, 3.63) is 34.3 Å². The highest BCUT2D eigenvalue weighted by Crippen LogP contribution is 2.29. The molecule has 1 amide bonds. The summed E-state index contributed by atoms with van der Waals surface area (Å²) < 4.78 is 35.1. The Morgan fingerprint density at radius 1 is 1.33 bits per heavy atom. The Bertz CT molecular complexity index is 833. The van der Waals surface area contributed by atoms with Crippen molar-refractivity contribution < 1.29 is 22.7 Å². The van der Waals surface area contributed by atoms with E-state index in [4.69, 9.17) is 9.47 Å². The van der Waals surface area contributed by atoms with Crippen LogP contribution in [-0.4, -0.2) is 39.8 Å². The molecule has 0 aliphatic rings. The summed E-state index contributed by atoms with van der Waals surface area (Å²) in [7, 11) is -0.466. The fourth-order valence-electron chi connectivity index (χ4n) is 1.85. The summed E-state index contributed by atoms with van der Waals surface area (Å²) in [5.41, 5.74) is 1.02. The van der Waals surface area contributed by atoms with Gasteiger partial charge >= 0.3 is 0 Å². The maximum Gasteiger partial charge on any atom is 0.275 e. The van der Waals surface area contributed by atoms with Crippen molar-refractivity contribution in [1.82, 2.24) is 4.98 Å². The van der Waals surface area contributed by atoms with E-state index in [0.29, 0.717) is 17.3 Å². The van der Waals surface area contributed by atoms with E-state index in [-0.39, 0.29) is 23.0 Å². The Hall–Kier alpha value is -2.17. The molecular weight excluding hydrogens is 354 g/mol. The van der Waals surface area contributed by atoms with E-state index in [0.717, 1.165) is 6.26 Å². The van der Waals surface area contributed by atoms with Crippen LogP contribution in [0.2, 0.25) is 0 Å². The second kappa shape index (κ2) is 7.60. The first kappa shape index (κ1) is 18.2. The zero-order chi connectivity index (χ0) is 17.7. The van der Waals surface area contributed by atoms with E-state index in [1.807, 2.05) is 0 Å². The van der Waals surface area contributed by atoms with E-state index < -0.39 is 10.0 Å². The first-order valence-corrected chi connectivity index (χ1v) is 9.50. The number of hydrogen-bond acceptors (Lipinski definition) is 7. The molecule has 1 aromatic carbocycles. The van der Waals surface area contributed by atoms with Gasteiger partial charge < -0.3 is 14.8 Å². The standard InChI is InChI=1S/C14H17N3O5S2/c1-21-7-13-16-11(8-23-13)14(18)15-9-4-5-10(12(6-9)22-2)17-24(3,19)20/h4-6,8,17H,7H2,1-3H3,(H,15,18). The van der Waals surface area contributed by atoms with Crippen molar-refractivity contribution in [2.24, 2.45) is 0 Å². The third kappa shape index (κ3) is 4.91. The number of aromatic nitrogens is 1. The molecule has 0 radical (unpaired) electrons. The van der Waals surface area contributed by atoms with Gasteiger partial charge in [0.15, 0.2) is 0 Å². The Kier molecular flexibility index (Phi) is 5.75. The topological polar surface area (TPSA) is 107 Å². The molecule has 2 rings (SSSR count). The number of benzene rings is 1. The van der Waals surface area contributed by atoms with Crippen LogP contribution < -0.4 is 14.8 Å². The van der Waals surface area contributed by atoms with Gasteiger partial charge in [-0.2, -0.15) is 0 Å². The SMILES string of the molecule is COCc1nc(C(=O)Nc2ccc(NS(C)(=O)=O)c(OC)c2)cs1. The van der Waals surface area contributed by atoms with Gasteiger partial charge in [0.05, 0.1) is 25.7 Å². The maximum absolute atomic E-state index is 12.2. The minimum Gasteiger partial charge on any atom is -0.494 e. The first-order valence-electron chi connectivity index (χ1n) is 6.73. The van der Waals surface area contributed by atoms with Crippen LogP contribution in [0.15, 0.2) is 23.6 Å². The van der Waals surface area contributed by atoms with E-state index >= 15 is 0 Å². The van der Waals surface area contributed by atoms with Gasteiger partial charge in [-0.15, -0.1) is 11.3 Å². The molecule has 2 aromatic rings. The Balaban J connectivity index is 2.15. The van der Waals surface area contributed by atoms with Gasteiger partial charge in [0.2, 0.25) is 10.0 Å². The van der Waals surface area contributed by atoms with Gasteiger partial charge in [0.1, 0.15) is 16.5 Å². The predicted molar refractivity (Wildman–Crippen MR) is 92.2 cm³/mol. The molecule has 1 aromatic heterocycles. The average molecular weight is 371 g/mol. The van der Waals surface area contributed by atoms with Crippen molar-refractivity contribution in [3.63, 3.8) is 0 Å². The number of nitrogens with one attached hydrogen (secondary N) is 2. The molecule has 24 heavy (non-hydrogen) atoms. The number of methoxy groups -OCH3 is 2. The largest absolute Gasteiger partial charge is 0.494 e. The number of hydrogen-bond donors (Lipinski definition) is 2. The fourth-order valence-corrected chi connectivity index (χ4v) is 3.17. The zero-order valence-corrected chi connectivity index (χ0v) is 15.0. The summed E-state index contributed by atoms with van der Waals surface area (Å²) in [6.07, 6.45) is 1.04. The molecule has 2 N–H and O–H groups in total. The Morgan fingerprint density at radius 2 is 2.08 bits per heavy atom. The molecule has 0 aliphatic heterocycles. The quantitative estimate of drug-likeness (QED) is 0.770. The van der Waals surface area contributed by atoms with Crippen LogP contribution in [0.3, 0.4) is 0 Å². The minimum atomic E-state index is -3.43. The summed E-state index contributed by atoms with van der Waals surface area (Å²) in [6, 6.07) is 4.59. The van der Waals surface area contributed by atoms with Crippen LogP contribution in [0, 0.1) is 0 Å². The summed E-state index contributed by atoms with van der Waals surface area (Å²) >= 11 is 1.33. The molecule has 10 heteroatoms. The van der Waals surface area contributed by atoms with E-state index in [1.54, 1.807) is 18.6 Å². The molecule has 130 valence electrons. The number of carbonyl (C=O) groups excluding carboxylic acids is 1. The number of sulfonamides is 1. The highest BCUT2D eigenvalue weighted by molar-refractivity contribution is 7.92. The van der Waals surface area contributed by atoms with Gasteiger partial charge in [0.25, 0.3) is 5.91 Å². The van der Waals surface area contributed by atoms with Crippen LogP contribution >= 0.6 is 11.3 Å². The van der Waals surface area contributed by atoms with Crippen molar-refractivity contribution in [2.75, 3.05) is 30.5 Å². The molecular formula is C14H17N3O5S2. The van der Waals surface area contributed by atoms with Crippen molar-refractivity contribution in [3.8, 4) is 5.75 Å². The maximum atomic E-state index is 12.2. The smallest absolute Gasteiger partial charge is 0.275 e. The Labute approximate surface area is 143 Å². The number of thiazole rings is 1. The van der Waals surface area contributed by atoms with Gasteiger partial charge in [-0.1, -0.05) is 0 Å². The normalized spacial score (nSPS) is 11.1. The van der Waals surface area contributed by atoms with Gasteiger partial charge in [0, 0.05) is 24.2 Å². The predicted octanol–water partition coefficient (Wildman–Crippen LogP) is 1.92.